The number of thiol groups is 1. The van der Waals surface area contributed by atoms with E-state index in [1.54, 1.807) is 0 Å². The Balaban J connectivity index is 4.35. The number of hydrogen-bond acceptors (Lipinski definition) is 3. The zero-order chi connectivity index (χ0) is 9.78. The summed E-state index contributed by atoms with van der Waals surface area (Å²) in [7, 11) is 0. The summed E-state index contributed by atoms with van der Waals surface area (Å²) in [5.41, 5.74) is 5.41. The first-order valence-corrected chi connectivity index (χ1v) is 4.32. The van der Waals surface area contributed by atoms with E-state index >= 15 is 0 Å². The van der Waals surface area contributed by atoms with Gasteiger partial charge in [0.1, 0.15) is 5.54 Å². The van der Waals surface area contributed by atoms with Gasteiger partial charge in [0.25, 0.3) is 0 Å². The lowest BCUT2D eigenvalue weighted by Crippen LogP contribution is -2.49. The Morgan fingerprint density at radius 2 is 2.17 bits per heavy atom. The molecule has 0 heterocycles. The standard InChI is InChI=1S/C8H15NO2S/c1-6(2)3-4-8(9,5-12)7(10)11/h3,12H,4-5,9H2,1-2H3,(H,10,11). The molecule has 0 bridgehead atoms. The third-order valence-corrected chi connectivity index (χ3v) is 2.15. The van der Waals surface area contributed by atoms with Crippen molar-refractivity contribution in [2.24, 2.45) is 5.73 Å². The molecule has 0 saturated heterocycles. The highest BCUT2D eigenvalue weighted by Gasteiger charge is 2.30. The van der Waals surface area contributed by atoms with E-state index in [-0.39, 0.29) is 5.75 Å². The molecule has 70 valence electrons. The van der Waals surface area contributed by atoms with Crippen LogP contribution in [-0.4, -0.2) is 22.4 Å². The first-order valence-electron chi connectivity index (χ1n) is 3.69. The number of aliphatic carboxylic acids is 1. The van der Waals surface area contributed by atoms with Crippen molar-refractivity contribution >= 4 is 18.6 Å². The van der Waals surface area contributed by atoms with Crippen LogP contribution in [0.3, 0.4) is 0 Å². The number of allylic oxidation sites excluding steroid dienone is 1. The minimum atomic E-state index is -1.22. The summed E-state index contributed by atoms with van der Waals surface area (Å²) in [4.78, 5) is 10.7. The van der Waals surface area contributed by atoms with E-state index in [1.165, 1.54) is 0 Å². The summed E-state index contributed by atoms with van der Waals surface area (Å²) in [6.07, 6.45) is 2.14. The summed E-state index contributed by atoms with van der Waals surface area (Å²) in [6.45, 7) is 3.81. The van der Waals surface area contributed by atoms with Crippen LogP contribution < -0.4 is 5.73 Å². The monoisotopic (exact) mass is 189 g/mol. The zero-order valence-electron chi connectivity index (χ0n) is 7.37. The first-order chi connectivity index (χ1) is 5.42. The molecule has 1 atom stereocenters. The van der Waals surface area contributed by atoms with Gasteiger partial charge in [0, 0.05) is 5.75 Å². The van der Waals surface area contributed by atoms with Crippen LogP contribution in [0.25, 0.3) is 0 Å². The van der Waals surface area contributed by atoms with Crippen LogP contribution in [0, 0.1) is 0 Å². The minimum Gasteiger partial charge on any atom is -0.480 e. The number of hydrogen-bond donors (Lipinski definition) is 3. The van der Waals surface area contributed by atoms with Crippen LogP contribution >= 0.6 is 12.6 Å². The molecule has 0 aliphatic carbocycles. The van der Waals surface area contributed by atoms with Gasteiger partial charge in [-0.1, -0.05) is 11.6 Å². The van der Waals surface area contributed by atoms with Crippen LogP contribution in [0.2, 0.25) is 0 Å². The maximum atomic E-state index is 10.7. The molecule has 0 amide bonds. The van der Waals surface area contributed by atoms with Crippen molar-refractivity contribution in [1.82, 2.24) is 0 Å². The van der Waals surface area contributed by atoms with Crippen LogP contribution in [0.1, 0.15) is 20.3 Å². The van der Waals surface area contributed by atoms with E-state index in [9.17, 15) is 4.79 Å². The molecule has 3 N–H and O–H groups in total. The van der Waals surface area contributed by atoms with E-state index in [4.69, 9.17) is 10.8 Å². The minimum absolute atomic E-state index is 0.145. The van der Waals surface area contributed by atoms with Crippen molar-refractivity contribution in [3.8, 4) is 0 Å². The predicted molar refractivity (Wildman–Crippen MR) is 52.5 cm³/mol. The fraction of sp³-hybridized carbons (Fsp3) is 0.625. The normalized spacial score (nSPS) is 15.0. The van der Waals surface area contributed by atoms with E-state index in [2.05, 4.69) is 12.6 Å². The SMILES string of the molecule is CC(C)=CCC(N)(CS)C(=O)O. The molecule has 0 spiro atoms. The Bertz CT molecular complexity index is 199. The highest BCUT2D eigenvalue weighted by molar-refractivity contribution is 7.80. The van der Waals surface area contributed by atoms with Gasteiger partial charge in [-0.3, -0.25) is 4.79 Å². The van der Waals surface area contributed by atoms with Crippen molar-refractivity contribution in [1.29, 1.82) is 0 Å². The second-order valence-electron chi connectivity index (χ2n) is 3.11. The summed E-state index contributed by atoms with van der Waals surface area (Å²) in [5.74, 6) is -0.860. The second-order valence-corrected chi connectivity index (χ2v) is 3.42. The van der Waals surface area contributed by atoms with E-state index in [1.807, 2.05) is 19.9 Å². The topological polar surface area (TPSA) is 63.3 Å². The maximum absolute atomic E-state index is 10.7. The highest BCUT2D eigenvalue weighted by Crippen LogP contribution is 2.11. The largest absolute Gasteiger partial charge is 0.480 e. The van der Waals surface area contributed by atoms with E-state index in [0.29, 0.717) is 6.42 Å². The zero-order valence-corrected chi connectivity index (χ0v) is 8.27. The Kier molecular flexibility index (Phi) is 4.34. The maximum Gasteiger partial charge on any atom is 0.324 e. The van der Waals surface area contributed by atoms with Gasteiger partial charge in [-0.15, -0.1) is 0 Å². The van der Waals surface area contributed by atoms with Gasteiger partial charge in [0.05, 0.1) is 0 Å². The summed E-state index contributed by atoms with van der Waals surface area (Å²) in [5, 5.41) is 8.74. The lowest BCUT2D eigenvalue weighted by atomic mass is 9.98. The number of carbonyl (C=O) groups is 1. The van der Waals surface area contributed by atoms with E-state index < -0.39 is 11.5 Å². The third-order valence-electron chi connectivity index (χ3n) is 1.58. The Labute approximate surface area is 78.1 Å². The number of nitrogens with two attached hydrogens (primary N) is 1. The van der Waals surface area contributed by atoms with Crippen LogP contribution in [0.15, 0.2) is 11.6 Å². The van der Waals surface area contributed by atoms with Gasteiger partial charge in [0.15, 0.2) is 0 Å². The van der Waals surface area contributed by atoms with Crippen molar-refractivity contribution in [2.75, 3.05) is 5.75 Å². The quantitative estimate of drug-likeness (QED) is 0.457. The molecule has 0 aromatic heterocycles. The molecular weight excluding hydrogens is 174 g/mol. The van der Waals surface area contributed by atoms with Crippen LogP contribution in [0.4, 0.5) is 0 Å². The number of rotatable bonds is 4. The smallest absolute Gasteiger partial charge is 0.324 e. The molecule has 0 aromatic carbocycles. The molecule has 1 unspecified atom stereocenters. The Hall–Kier alpha value is -0.480. The van der Waals surface area contributed by atoms with Crippen molar-refractivity contribution in [2.45, 2.75) is 25.8 Å². The fourth-order valence-corrected chi connectivity index (χ4v) is 0.870. The third kappa shape index (κ3) is 3.28. The lowest BCUT2D eigenvalue weighted by molar-refractivity contribution is -0.142. The number of carboxylic acids is 1. The molecule has 0 rings (SSSR count). The van der Waals surface area contributed by atoms with Crippen LogP contribution in [-0.2, 0) is 4.79 Å². The molecular formula is C8H15NO2S. The predicted octanol–water partition coefficient (Wildman–Crippen LogP) is 1.05. The van der Waals surface area contributed by atoms with E-state index in [0.717, 1.165) is 5.57 Å². The Morgan fingerprint density at radius 1 is 1.67 bits per heavy atom. The van der Waals surface area contributed by atoms with Crippen molar-refractivity contribution < 1.29 is 9.90 Å². The van der Waals surface area contributed by atoms with Gasteiger partial charge in [-0.05, 0) is 20.3 Å². The lowest BCUT2D eigenvalue weighted by Gasteiger charge is -2.20. The number of carboxylic acid groups (broad SMARTS) is 1. The molecule has 4 heteroatoms. The summed E-state index contributed by atoms with van der Waals surface area (Å²) >= 11 is 3.91. The molecule has 12 heavy (non-hydrogen) atoms. The van der Waals surface area contributed by atoms with Gasteiger partial charge < -0.3 is 10.8 Å². The average Bonchev–Trinajstić information content (AvgIpc) is 1.99. The van der Waals surface area contributed by atoms with Crippen LogP contribution in [0.5, 0.6) is 0 Å². The van der Waals surface area contributed by atoms with Crippen molar-refractivity contribution in [3.63, 3.8) is 0 Å². The van der Waals surface area contributed by atoms with Gasteiger partial charge in [-0.25, -0.2) is 0 Å². The average molecular weight is 189 g/mol. The molecule has 3 nitrogen and oxygen atoms in total. The van der Waals surface area contributed by atoms with Crippen molar-refractivity contribution in [3.05, 3.63) is 11.6 Å². The first kappa shape index (κ1) is 11.5. The molecule has 0 saturated carbocycles. The molecule has 0 fully saturated rings. The molecule has 0 aliphatic heterocycles. The second kappa shape index (κ2) is 4.52. The molecule has 0 radical (unpaired) electrons. The van der Waals surface area contributed by atoms with Gasteiger partial charge >= 0.3 is 5.97 Å². The van der Waals surface area contributed by atoms with Gasteiger partial charge in [0.2, 0.25) is 0 Å². The molecule has 0 aliphatic rings. The van der Waals surface area contributed by atoms with Gasteiger partial charge in [-0.2, -0.15) is 12.6 Å². The highest BCUT2D eigenvalue weighted by atomic mass is 32.1. The summed E-state index contributed by atoms with van der Waals surface area (Å²) < 4.78 is 0. The Morgan fingerprint density at radius 3 is 2.42 bits per heavy atom. The fourth-order valence-electron chi connectivity index (χ4n) is 0.606. The summed E-state index contributed by atoms with van der Waals surface area (Å²) in [6, 6.07) is 0. The molecule has 0 aromatic rings.